The van der Waals surface area contributed by atoms with Crippen molar-refractivity contribution in [2.45, 2.75) is 38.8 Å². The molecule has 2 fully saturated rings. The predicted molar refractivity (Wildman–Crippen MR) is 137 cm³/mol. The average molecular weight is 514 g/mol. The summed E-state index contributed by atoms with van der Waals surface area (Å²) in [5, 5.41) is 25.0. The van der Waals surface area contributed by atoms with Crippen LogP contribution in [-0.2, 0) is 0 Å². The number of likely N-dealkylation sites (tertiary alicyclic amines) is 1. The Labute approximate surface area is 215 Å². The number of fused-ring (bicyclic) bond motifs is 1. The molecule has 0 radical (unpaired) electrons. The highest BCUT2D eigenvalue weighted by Crippen LogP contribution is 2.35. The lowest BCUT2D eigenvalue weighted by Gasteiger charge is -2.47. The van der Waals surface area contributed by atoms with Crippen LogP contribution in [0, 0.1) is 23.2 Å². The molecule has 5 rings (SSSR count). The van der Waals surface area contributed by atoms with Gasteiger partial charge in [-0.25, -0.2) is 14.6 Å². The minimum atomic E-state index is -0.290. The second-order valence-corrected chi connectivity index (χ2v) is 10.7. The second-order valence-electron chi connectivity index (χ2n) is 9.82. The van der Waals surface area contributed by atoms with Crippen molar-refractivity contribution in [3.05, 3.63) is 45.7 Å². The highest BCUT2D eigenvalue weighted by molar-refractivity contribution is 6.35. The first-order valence-electron chi connectivity index (χ1n) is 12.1. The third-order valence-corrected chi connectivity index (χ3v) is 7.80. The third kappa shape index (κ3) is 4.83. The summed E-state index contributed by atoms with van der Waals surface area (Å²) in [6.07, 6.45) is 3.87. The van der Waals surface area contributed by atoms with Crippen LogP contribution in [0.1, 0.15) is 44.0 Å². The number of aliphatic hydroxyl groups excluding tert-OH is 1. The van der Waals surface area contributed by atoms with Gasteiger partial charge < -0.3 is 14.9 Å². The monoisotopic (exact) mass is 513 g/mol. The molecule has 3 atom stereocenters. The fourth-order valence-electron chi connectivity index (χ4n) is 5.38. The van der Waals surface area contributed by atoms with Crippen LogP contribution in [0.25, 0.3) is 11.2 Å². The summed E-state index contributed by atoms with van der Waals surface area (Å²) < 4.78 is 1.73. The number of hydrogen-bond acceptors (Lipinski definition) is 7. The van der Waals surface area contributed by atoms with E-state index in [0.29, 0.717) is 33.0 Å². The minimum Gasteiger partial charge on any atom is -0.392 e. The Morgan fingerprint density at radius 3 is 2.71 bits per heavy atom. The van der Waals surface area contributed by atoms with Crippen LogP contribution in [0.15, 0.2) is 24.4 Å². The highest BCUT2D eigenvalue weighted by atomic mass is 35.5. The molecule has 184 valence electrons. The van der Waals surface area contributed by atoms with Gasteiger partial charge in [-0.05, 0) is 62.8 Å². The van der Waals surface area contributed by atoms with E-state index >= 15 is 0 Å². The van der Waals surface area contributed by atoms with Gasteiger partial charge >= 0.3 is 0 Å². The van der Waals surface area contributed by atoms with Crippen molar-refractivity contribution in [1.82, 2.24) is 24.6 Å². The number of benzene rings is 1. The summed E-state index contributed by atoms with van der Waals surface area (Å²) in [6.45, 7) is 8.56. The molecule has 0 amide bonds. The van der Waals surface area contributed by atoms with Crippen LogP contribution in [-0.4, -0.2) is 68.6 Å². The van der Waals surface area contributed by atoms with E-state index in [0.717, 1.165) is 44.1 Å². The summed E-state index contributed by atoms with van der Waals surface area (Å²) >= 11 is 12.5. The smallest absolute Gasteiger partial charge is 0.190 e. The fourth-order valence-corrected chi connectivity index (χ4v) is 5.95. The summed E-state index contributed by atoms with van der Waals surface area (Å²) in [6, 6.07) is 7.26. The zero-order valence-electron chi connectivity index (χ0n) is 19.9. The van der Waals surface area contributed by atoms with Gasteiger partial charge in [-0.1, -0.05) is 29.3 Å². The first-order chi connectivity index (χ1) is 16.8. The van der Waals surface area contributed by atoms with E-state index in [1.54, 1.807) is 23.0 Å². The van der Waals surface area contributed by atoms with Crippen LogP contribution < -0.4 is 4.90 Å². The van der Waals surface area contributed by atoms with Gasteiger partial charge in [0.25, 0.3) is 0 Å². The molecule has 0 unspecified atom stereocenters. The largest absolute Gasteiger partial charge is 0.392 e. The van der Waals surface area contributed by atoms with Crippen LogP contribution in [0.4, 0.5) is 5.82 Å². The van der Waals surface area contributed by atoms with Gasteiger partial charge in [0.15, 0.2) is 11.3 Å². The molecular weight excluding hydrogens is 485 g/mol. The molecule has 3 aromatic rings. The summed E-state index contributed by atoms with van der Waals surface area (Å²) in [5.41, 5.74) is 2.16. The number of anilines is 1. The zero-order valence-corrected chi connectivity index (χ0v) is 21.4. The molecule has 10 heteroatoms. The quantitative estimate of drug-likeness (QED) is 0.528. The lowest BCUT2D eigenvalue weighted by atomic mass is 9.80. The molecule has 0 aliphatic carbocycles. The summed E-state index contributed by atoms with van der Waals surface area (Å²) in [7, 11) is 0. The maximum atomic E-state index is 9.75. The van der Waals surface area contributed by atoms with Crippen molar-refractivity contribution < 1.29 is 5.11 Å². The number of β-amino-alcohol motifs (C(OH)–C–C–N with tert-alkyl or cyclic N) is 1. The summed E-state index contributed by atoms with van der Waals surface area (Å²) in [4.78, 5) is 14.1. The van der Waals surface area contributed by atoms with Gasteiger partial charge in [-0.15, -0.1) is 0 Å². The van der Waals surface area contributed by atoms with Gasteiger partial charge in [0.1, 0.15) is 17.4 Å². The minimum absolute atomic E-state index is 0.248. The Balaban J connectivity index is 1.36. The maximum Gasteiger partial charge on any atom is 0.190 e. The molecule has 0 bridgehead atoms. The molecule has 4 heterocycles. The van der Waals surface area contributed by atoms with Gasteiger partial charge in [-0.3, -0.25) is 0 Å². The van der Waals surface area contributed by atoms with Crippen molar-refractivity contribution >= 4 is 40.2 Å². The van der Waals surface area contributed by atoms with E-state index in [9.17, 15) is 10.4 Å². The SMILES string of the molecule is C[C@H](c1ccc(Cl)cc1Cl)n1nc(C#N)c2ncc(N3CC([C@H]4CCCN(C[C@@H](C)O)C4)C3)nc21. The third-order valence-electron chi connectivity index (χ3n) is 7.24. The summed E-state index contributed by atoms with van der Waals surface area (Å²) in [5.74, 6) is 2.04. The zero-order chi connectivity index (χ0) is 24.7. The second kappa shape index (κ2) is 9.90. The molecule has 2 aliphatic heterocycles. The van der Waals surface area contributed by atoms with Gasteiger partial charge in [-0.2, -0.15) is 10.4 Å². The van der Waals surface area contributed by atoms with Crippen molar-refractivity contribution in [3.8, 4) is 6.07 Å². The molecule has 2 aliphatic rings. The Kier molecular flexibility index (Phi) is 6.86. The van der Waals surface area contributed by atoms with Gasteiger partial charge in [0.05, 0.1) is 18.3 Å². The average Bonchev–Trinajstić information content (AvgIpc) is 3.16. The number of nitrogens with zero attached hydrogens (tertiary/aromatic N) is 7. The first-order valence-corrected chi connectivity index (χ1v) is 12.8. The van der Waals surface area contributed by atoms with Crippen LogP contribution in [0.2, 0.25) is 10.0 Å². The Hall–Kier alpha value is -2.44. The number of nitriles is 1. The van der Waals surface area contributed by atoms with E-state index < -0.39 is 0 Å². The number of halogens is 2. The predicted octanol–water partition coefficient (Wildman–Crippen LogP) is 4.14. The molecule has 0 spiro atoms. The molecule has 1 aromatic carbocycles. The van der Waals surface area contributed by atoms with Gasteiger partial charge in [0.2, 0.25) is 0 Å². The molecule has 8 nitrogen and oxygen atoms in total. The number of rotatable bonds is 6. The van der Waals surface area contributed by atoms with Gasteiger partial charge in [0, 0.05) is 36.2 Å². The Bertz CT molecular complexity index is 1260. The van der Waals surface area contributed by atoms with Crippen molar-refractivity contribution in [3.63, 3.8) is 0 Å². The standard InChI is InChI=1S/C25H29Cl2N7O/c1-15(35)11-32-7-3-4-17(12-32)18-13-33(14-18)23-10-29-24-22(9-28)31-34(25(24)30-23)16(2)20-6-5-19(26)8-21(20)27/h5-6,8,10,15-18,35H,3-4,7,11-14H2,1-2H3/t15-,16-,17+/m1/s1. The van der Waals surface area contributed by atoms with Crippen LogP contribution >= 0.6 is 23.2 Å². The number of aromatic nitrogens is 4. The van der Waals surface area contributed by atoms with E-state index in [2.05, 4.69) is 26.0 Å². The topological polar surface area (TPSA) is 94.1 Å². The normalized spacial score (nSPS) is 21.0. The van der Waals surface area contributed by atoms with Crippen molar-refractivity contribution in [2.75, 3.05) is 37.6 Å². The molecule has 1 N–H and O–H groups in total. The number of piperidine rings is 1. The molecule has 0 saturated carbocycles. The van der Waals surface area contributed by atoms with E-state index in [-0.39, 0.29) is 17.8 Å². The Morgan fingerprint density at radius 1 is 1.20 bits per heavy atom. The van der Waals surface area contributed by atoms with E-state index in [1.807, 2.05) is 19.9 Å². The molecule has 35 heavy (non-hydrogen) atoms. The highest BCUT2D eigenvalue weighted by Gasteiger charge is 2.37. The molecule has 2 saturated heterocycles. The lowest BCUT2D eigenvalue weighted by molar-refractivity contribution is 0.0725. The van der Waals surface area contributed by atoms with E-state index in [1.165, 1.54) is 12.8 Å². The van der Waals surface area contributed by atoms with Crippen molar-refractivity contribution in [1.29, 1.82) is 5.26 Å². The van der Waals surface area contributed by atoms with E-state index in [4.69, 9.17) is 28.2 Å². The Morgan fingerprint density at radius 2 is 2.00 bits per heavy atom. The fraction of sp³-hybridized carbons (Fsp3) is 0.520. The maximum absolute atomic E-state index is 9.75. The van der Waals surface area contributed by atoms with Crippen molar-refractivity contribution in [2.24, 2.45) is 11.8 Å². The van der Waals surface area contributed by atoms with Crippen LogP contribution in [0.5, 0.6) is 0 Å². The lowest BCUT2D eigenvalue weighted by Crippen LogP contribution is -2.54. The first kappa shape index (κ1) is 24.3. The number of hydrogen-bond donors (Lipinski definition) is 1. The molecular formula is C25H29Cl2N7O. The number of aliphatic hydroxyl groups is 1. The molecule has 2 aromatic heterocycles. The van der Waals surface area contributed by atoms with Crippen LogP contribution in [0.3, 0.4) is 0 Å².